The molecule has 2 fully saturated rings. The lowest BCUT2D eigenvalue weighted by molar-refractivity contribution is 0.344. The second kappa shape index (κ2) is 4.00. The Morgan fingerprint density at radius 2 is 1.77 bits per heavy atom. The summed E-state index contributed by atoms with van der Waals surface area (Å²) in [5.74, 6) is 3.21. The molecule has 2 aliphatic rings. The van der Waals surface area contributed by atoms with Crippen LogP contribution in [-0.4, -0.2) is 25.0 Å². The maximum Gasteiger partial charge on any atom is 0.000996 e. The lowest BCUT2D eigenvalue weighted by Gasteiger charge is -2.13. The van der Waals surface area contributed by atoms with Crippen LogP contribution in [0.3, 0.4) is 0 Å². The van der Waals surface area contributed by atoms with Crippen LogP contribution in [0.5, 0.6) is 0 Å². The van der Waals surface area contributed by atoms with Crippen molar-refractivity contribution in [1.82, 2.24) is 4.90 Å². The van der Waals surface area contributed by atoms with E-state index in [1.54, 1.807) is 0 Å². The first kappa shape index (κ1) is 9.51. The molecule has 1 saturated carbocycles. The van der Waals surface area contributed by atoms with E-state index in [1.165, 1.54) is 45.2 Å². The van der Waals surface area contributed by atoms with Crippen LogP contribution in [0, 0.1) is 17.8 Å². The minimum absolute atomic E-state index is 1.06. The number of hydrogen-bond donors (Lipinski definition) is 0. The number of unbranched alkanes of at least 4 members (excludes halogenated alkanes) is 1. The summed E-state index contributed by atoms with van der Waals surface area (Å²) >= 11 is 0. The molecule has 0 amide bonds. The predicted molar refractivity (Wildman–Crippen MR) is 56.7 cm³/mol. The summed E-state index contributed by atoms with van der Waals surface area (Å²) < 4.78 is 0. The van der Waals surface area contributed by atoms with Crippen LogP contribution in [0.15, 0.2) is 0 Å². The van der Waals surface area contributed by atoms with Crippen molar-refractivity contribution in [2.75, 3.05) is 20.1 Å². The largest absolute Gasteiger partial charge is 0.306 e. The first-order chi connectivity index (χ1) is 6.29. The van der Waals surface area contributed by atoms with Crippen LogP contribution in [0.25, 0.3) is 0 Å². The van der Waals surface area contributed by atoms with Crippen LogP contribution < -0.4 is 0 Å². The first-order valence-corrected chi connectivity index (χ1v) is 5.98. The van der Waals surface area contributed by atoms with Crippen LogP contribution in [0.2, 0.25) is 0 Å². The lowest BCUT2D eigenvalue weighted by atomic mass is 9.99. The van der Waals surface area contributed by atoms with Crippen molar-refractivity contribution in [2.24, 2.45) is 17.8 Å². The number of rotatable bonds is 3. The van der Waals surface area contributed by atoms with Crippen molar-refractivity contribution in [2.45, 2.75) is 39.0 Å². The van der Waals surface area contributed by atoms with Crippen LogP contribution in [0.1, 0.15) is 39.0 Å². The van der Waals surface area contributed by atoms with Crippen molar-refractivity contribution in [3.8, 4) is 0 Å². The lowest BCUT2D eigenvalue weighted by Crippen LogP contribution is -2.16. The SMILES string of the molecule is CCCCC1CC2CN(C)CC2C1. The van der Waals surface area contributed by atoms with Gasteiger partial charge in [-0.2, -0.15) is 0 Å². The van der Waals surface area contributed by atoms with E-state index in [2.05, 4.69) is 18.9 Å². The van der Waals surface area contributed by atoms with Gasteiger partial charge in [0.15, 0.2) is 0 Å². The Balaban J connectivity index is 1.77. The van der Waals surface area contributed by atoms with Gasteiger partial charge in [-0.3, -0.25) is 0 Å². The average molecular weight is 181 g/mol. The molecule has 1 nitrogen and oxygen atoms in total. The maximum absolute atomic E-state index is 2.52. The van der Waals surface area contributed by atoms with Gasteiger partial charge in [0.1, 0.15) is 0 Å². The van der Waals surface area contributed by atoms with Gasteiger partial charge in [0.25, 0.3) is 0 Å². The summed E-state index contributed by atoms with van der Waals surface area (Å²) in [6.07, 6.45) is 7.42. The fraction of sp³-hybridized carbons (Fsp3) is 1.00. The molecule has 1 aliphatic heterocycles. The van der Waals surface area contributed by atoms with E-state index in [0.29, 0.717) is 0 Å². The van der Waals surface area contributed by atoms with Gasteiger partial charge in [0, 0.05) is 13.1 Å². The molecule has 0 aromatic heterocycles. The molecule has 0 aromatic rings. The van der Waals surface area contributed by atoms with Gasteiger partial charge < -0.3 is 4.90 Å². The smallest absolute Gasteiger partial charge is 0.000996 e. The van der Waals surface area contributed by atoms with Crippen molar-refractivity contribution in [1.29, 1.82) is 0 Å². The van der Waals surface area contributed by atoms with Crippen molar-refractivity contribution < 1.29 is 0 Å². The standard InChI is InChI=1S/C12H23N/c1-3-4-5-10-6-11-8-13(2)9-12(11)7-10/h10-12H,3-9H2,1-2H3. The maximum atomic E-state index is 2.52. The quantitative estimate of drug-likeness (QED) is 0.647. The highest BCUT2D eigenvalue weighted by molar-refractivity contribution is 4.90. The van der Waals surface area contributed by atoms with Crippen LogP contribution >= 0.6 is 0 Å². The third-order valence-electron chi connectivity index (χ3n) is 4.00. The fourth-order valence-corrected chi connectivity index (χ4v) is 3.39. The molecule has 1 saturated heterocycles. The number of hydrogen-bond acceptors (Lipinski definition) is 1. The van der Waals surface area contributed by atoms with E-state index in [1.807, 2.05) is 0 Å². The second-order valence-corrected chi connectivity index (χ2v) is 5.22. The highest BCUT2D eigenvalue weighted by Crippen LogP contribution is 2.42. The van der Waals surface area contributed by atoms with E-state index in [-0.39, 0.29) is 0 Å². The molecule has 0 radical (unpaired) electrons. The third-order valence-corrected chi connectivity index (χ3v) is 4.00. The molecule has 1 aliphatic carbocycles. The minimum atomic E-state index is 1.06. The zero-order chi connectivity index (χ0) is 9.26. The Hall–Kier alpha value is -0.0400. The van der Waals surface area contributed by atoms with Gasteiger partial charge in [-0.1, -0.05) is 26.2 Å². The number of fused-ring (bicyclic) bond motifs is 1. The monoisotopic (exact) mass is 181 g/mol. The summed E-state index contributed by atoms with van der Waals surface area (Å²) in [5, 5.41) is 0. The Morgan fingerprint density at radius 3 is 2.31 bits per heavy atom. The zero-order valence-electron chi connectivity index (χ0n) is 9.13. The summed E-state index contributed by atoms with van der Waals surface area (Å²) in [5.41, 5.74) is 0. The Kier molecular flexibility index (Phi) is 2.92. The zero-order valence-corrected chi connectivity index (χ0v) is 9.13. The van der Waals surface area contributed by atoms with Gasteiger partial charge in [0.05, 0.1) is 0 Å². The van der Waals surface area contributed by atoms with Crippen molar-refractivity contribution in [3.63, 3.8) is 0 Å². The highest BCUT2D eigenvalue weighted by Gasteiger charge is 2.38. The van der Waals surface area contributed by atoms with Gasteiger partial charge in [-0.25, -0.2) is 0 Å². The van der Waals surface area contributed by atoms with E-state index >= 15 is 0 Å². The summed E-state index contributed by atoms with van der Waals surface area (Å²) in [7, 11) is 2.28. The molecule has 0 spiro atoms. The molecule has 76 valence electrons. The molecule has 13 heavy (non-hydrogen) atoms. The van der Waals surface area contributed by atoms with Gasteiger partial charge in [-0.15, -0.1) is 0 Å². The van der Waals surface area contributed by atoms with Gasteiger partial charge in [0.2, 0.25) is 0 Å². The highest BCUT2D eigenvalue weighted by atomic mass is 15.1. The van der Waals surface area contributed by atoms with Gasteiger partial charge >= 0.3 is 0 Å². The van der Waals surface area contributed by atoms with Crippen LogP contribution in [0.4, 0.5) is 0 Å². The topological polar surface area (TPSA) is 3.24 Å². The Labute approximate surface area is 82.5 Å². The Bertz CT molecular complexity index is 153. The Morgan fingerprint density at radius 1 is 1.15 bits per heavy atom. The molecule has 1 heterocycles. The summed E-state index contributed by atoms with van der Waals surface area (Å²) in [6, 6.07) is 0. The summed E-state index contributed by atoms with van der Waals surface area (Å²) in [4.78, 5) is 2.52. The molecule has 1 heteroatoms. The minimum Gasteiger partial charge on any atom is -0.306 e. The normalized spacial score (nSPS) is 39.7. The van der Waals surface area contributed by atoms with Gasteiger partial charge in [-0.05, 0) is 37.6 Å². The third kappa shape index (κ3) is 2.07. The van der Waals surface area contributed by atoms with Crippen LogP contribution in [-0.2, 0) is 0 Å². The second-order valence-electron chi connectivity index (χ2n) is 5.22. The number of likely N-dealkylation sites (tertiary alicyclic amines) is 1. The van der Waals surface area contributed by atoms with E-state index in [9.17, 15) is 0 Å². The summed E-state index contributed by atoms with van der Waals surface area (Å²) in [6.45, 7) is 5.07. The molecule has 2 atom stereocenters. The molecule has 0 bridgehead atoms. The van der Waals surface area contributed by atoms with Crippen molar-refractivity contribution in [3.05, 3.63) is 0 Å². The molecular formula is C12H23N. The fourth-order valence-electron chi connectivity index (χ4n) is 3.39. The van der Waals surface area contributed by atoms with E-state index in [0.717, 1.165) is 17.8 Å². The van der Waals surface area contributed by atoms with E-state index in [4.69, 9.17) is 0 Å². The molecular weight excluding hydrogens is 158 g/mol. The molecule has 2 rings (SSSR count). The molecule has 2 unspecified atom stereocenters. The number of nitrogens with zero attached hydrogens (tertiary/aromatic N) is 1. The predicted octanol–water partition coefficient (Wildman–Crippen LogP) is 2.76. The van der Waals surface area contributed by atoms with Crippen molar-refractivity contribution >= 4 is 0 Å². The average Bonchev–Trinajstić information content (AvgIpc) is 2.57. The first-order valence-electron chi connectivity index (χ1n) is 5.98. The molecule has 0 aromatic carbocycles. The van der Waals surface area contributed by atoms with E-state index < -0.39 is 0 Å². The molecule has 0 N–H and O–H groups in total.